The van der Waals surface area contributed by atoms with E-state index in [0.717, 1.165) is 41.5 Å². The second-order valence-corrected chi connectivity index (χ2v) is 7.68. The van der Waals surface area contributed by atoms with Crippen molar-refractivity contribution in [3.05, 3.63) is 59.9 Å². The fourth-order valence-electron chi connectivity index (χ4n) is 3.39. The van der Waals surface area contributed by atoms with E-state index in [-0.39, 0.29) is 6.04 Å². The quantitative estimate of drug-likeness (QED) is 0.743. The fraction of sp³-hybridized carbons (Fsp3) is 0.350. The van der Waals surface area contributed by atoms with E-state index in [9.17, 15) is 0 Å². The third kappa shape index (κ3) is 3.92. The highest BCUT2D eigenvalue weighted by Crippen LogP contribution is 2.27. The summed E-state index contributed by atoms with van der Waals surface area (Å²) in [7, 11) is 0. The molecular weight excluding hydrogens is 342 g/mol. The number of benzene rings is 1. The first kappa shape index (κ1) is 17.1. The fourth-order valence-corrected chi connectivity index (χ4v) is 4.25. The molecule has 2 aromatic heterocycles. The predicted octanol–water partition coefficient (Wildman–Crippen LogP) is 3.92. The molecule has 0 saturated carbocycles. The monoisotopic (exact) mass is 365 g/mol. The molecule has 1 N–H and O–H groups in total. The van der Waals surface area contributed by atoms with E-state index < -0.39 is 0 Å². The second kappa shape index (κ2) is 7.93. The van der Waals surface area contributed by atoms with Crippen LogP contribution in [-0.2, 0) is 0 Å². The Bertz CT molecular complexity index is 812. The molecule has 3 heterocycles. The summed E-state index contributed by atoms with van der Waals surface area (Å²) in [6, 6.07) is 15.2. The van der Waals surface area contributed by atoms with Crippen LogP contribution in [0.4, 0.5) is 5.69 Å². The zero-order chi connectivity index (χ0) is 17.8. The molecule has 0 bridgehead atoms. The van der Waals surface area contributed by atoms with Gasteiger partial charge in [-0.1, -0.05) is 41.7 Å². The van der Waals surface area contributed by atoms with E-state index in [1.54, 1.807) is 11.3 Å². The van der Waals surface area contributed by atoms with Crippen molar-refractivity contribution in [2.24, 2.45) is 0 Å². The molecule has 0 radical (unpaired) electrons. The maximum atomic E-state index is 4.41. The summed E-state index contributed by atoms with van der Waals surface area (Å²) < 4.78 is 0. The molecule has 5 nitrogen and oxygen atoms in total. The largest absolute Gasteiger partial charge is 0.371 e. The van der Waals surface area contributed by atoms with E-state index >= 15 is 0 Å². The first-order valence-electron chi connectivity index (χ1n) is 9.09. The van der Waals surface area contributed by atoms with Gasteiger partial charge in [-0.25, -0.2) is 0 Å². The summed E-state index contributed by atoms with van der Waals surface area (Å²) in [5, 5.41) is 14.6. The lowest BCUT2D eigenvalue weighted by Crippen LogP contribution is -2.43. The van der Waals surface area contributed by atoms with Crippen molar-refractivity contribution in [1.29, 1.82) is 0 Å². The first-order valence-corrected chi connectivity index (χ1v) is 9.91. The number of anilines is 1. The Labute approximate surface area is 158 Å². The summed E-state index contributed by atoms with van der Waals surface area (Å²) in [4.78, 5) is 6.53. The van der Waals surface area contributed by atoms with E-state index in [0.29, 0.717) is 6.04 Å². The minimum atomic E-state index is 0.224. The van der Waals surface area contributed by atoms with Crippen molar-refractivity contribution in [1.82, 2.24) is 20.5 Å². The van der Waals surface area contributed by atoms with Gasteiger partial charge in [0.25, 0.3) is 0 Å². The van der Waals surface area contributed by atoms with Crippen LogP contribution < -0.4 is 10.2 Å². The van der Waals surface area contributed by atoms with Crippen LogP contribution in [0.1, 0.15) is 30.8 Å². The van der Waals surface area contributed by atoms with Crippen molar-refractivity contribution in [3.8, 4) is 10.6 Å². The van der Waals surface area contributed by atoms with Gasteiger partial charge >= 0.3 is 0 Å². The molecule has 4 rings (SSSR count). The predicted molar refractivity (Wildman–Crippen MR) is 106 cm³/mol. The van der Waals surface area contributed by atoms with Gasteiger partial charge in [0.15, 0.2) is 0 Å². The minimum Gasteiger partial charge on any atom is -0.371 e. The van der Waals surface area contributed by atoms with Gasteiger partial charge in [0, 0.05) is 42.8 Å². The van der Waals surface area contributed by atoms with Gasteiger partial charge in [0.2, 0.25) is 0 Å². The lowest BCUT2D eigenvalue weighted by atomic mass is 10.0. The molecule has 26 heavy (non-hydrogen) atoms. The number of aromatic nitrogens is 3. The Morgan fingerprint density at radius 1 is 1.04 bits per heavy atom. The Morgan fingerprint density at radius 2 is 1.77 bits per heavy atom. The maximum Gasteiger partial charge on any atom is 0.147 e. The Hall–Kier alpha value is -2.31. The summed E-state index contributed by atoms with van der Waals surface area (Å²) >= 11 is 1.68. The molecule has 1 saturated heterocycles. The van der Waals surface area contributed by atoms with Gasteiger partial charge < -0.3 is 10.2 Å². The Balaban J connectivity index is 1.33. The highest BCUT2D eigenvalue weighted by atomic mass is 32.1. The average molecular weight is 366 g/mol. The molecule has 1 fully saturated rings. The van der Waals surface area contributed by atoms with Crippen LogP contribution in [-0.4, -0.2) is 34.3 Å². The maximum absolute atomic E-state index is 4.41. The van der Waals surface area contributed by atoms with E-state index in [4.69, 9.17) is 0 Å². The van der Waals surface area contributed by atoms with E-state index in [1.165, 1.54) is 5.69 Å². The van der Waals surface area contributed by atoms with Gasteiger partial charge in [0.05, 0.1) is 6.04 Å². The highest BCUT2D eigenvalue weighted by molar-refractivity contribution is 7.14. The smallest absolute Gasteiger partial charge is 0.147 e. The number of rotatable bonds is 5. The number of hydrogen-bond acceptors (Lipinski definition) is 6. The summed E-state index contributed by atoms with van der Waals surface area (Å²) in [6.07, 6.45) is 6.00. The summed E-state index contributed by atoms with van der Waals surface area (Å²) in [5.74, 6) is 0. The molecular formula is C20H23N5S. The van der Waals surface area contributed by atoms with Crippen LogP contribution in [0.25, 0.3) is 10.6 Å². The third-order valence-electron chi connectivity index (χ3n) is 4.84. The van der Waals surface area contributed by atoms with Crippen LogP contribution in [0.5, 0.6) is 0 Å². The standard InChI is InChI=1S/C20H23N5S/c1-15(19-23-24-20(26-19)16-5-3-2-4-6-16)22-17-9-13-25(14-10-17)18-7-11-21-12-8-18/h2-8,11-12,15,17,22H,9-10,13-14H2,1H3. The lowest BCUT2D eigenvalue weighted by Gasteiger charge is -2.35. The molecule has 0 amide bonds. The Morgan fingerprint density at radius 3 is 2.50 bits per heavy atom. The molecule has 0 aliphatic carbocycles. The minimum absolute atomic E-state index is 0.224. The van der Waals surface area contributed by atoms with Crippen LogP contribution in [0.15, 0.2) is 54.9 Å². The van der Waals surface area contributed by atoms with Crippen molar-refractivity contribution in [3.63, 3.8) is 0 Å². The van der Waals surface area contributed by atoms with Gasteiger partial charge in [-0.3, -0.25) is 4.98 Å². The molecule has 134 valence electrons. The number of hydrogen-bond donors (Lipinski definition) is 1. The molecule has 1 aromatic carbocycles. The van der Waals surface area contributed by atoms with Gasteiger partial charge in [0.1, 0.15) is 10.0 Å². The molecule has 0 spiro atoms. The number of pyridine rings is 1. The summed E-state index contributed by atoms with van der Waals surface area (Å²) in [6.45, 7) is 4.32. The molecule has 1 aliphatic heterocycles. The molecule has 6 heteroatoms. The van der Waals surface area contributed by atoms with Crippen LogP contribution in [0.3, 0.4) is 0 Å². The van der Waals surface area contributed by atoms with Crippen molar-refractivity contribution in [2.45, 2.75) is 31.8 Å². The van der Waals surface area contributed by atoms with E-state index in [2.05, 4.69) is 56.6 Å². The van der Waals surface area contributed by atoms with Crippen molar-refractivity contribution in [2.75, 3.05) is 18.0 Å². The zero-order valence-corrected chi connectivity index (χ0v) is 15.7. The SMILES string of the molecule is CC(NC1CCN(c2ccncc2)CC1)c1nnc(-c2ccccc2)s1. The Kier molecular flexibility index (Phi) is 5.22. The first-order chi connectivity index (χ1) is 12.8. The average Bonchev–Trinajstić information content (AvgIpc) is 3.20. The highest BCUT2D eigenvalue weighted by Gasteiger charge is 2.22. The third-order valence-corrected chi connectivity index (χ3v) is 6.00. The number of nitrogens with zero attached hydrogens (tertiary/aromatic N) is 4. The molecule has 3 aromatic rings. The van der Waals surface area contributed by atoms with Gasteiger partial charge in [-0.2, -0.15) is 0 Å². The normalized spacial score (nSPS) is 16.6. The van der Waals surface area contributed by atoms with Crippen LogP contribution in [0, 0.1) is 0 Å². The number of nitrogens with one attached hydrogen (secondary N) is 1. The van der Waals surface area contributed by atoms with Crippen LogP contribution >= 0.6 is 11.3 Å². The van der Waals surface area contributed by atoms with Crippen molar-refractivity contribution >= 4 is 17.0 Å². The molecule has 1 atom stereocenters. The molecule has 1 aliphatic rings. The topological polar surface area (TPSA) is 53.9 Å². The summed E-state index contributed by atoms with van der Waals surface area (Å²) in [5.41, 5.74) is 2.40. The van der Waals surface area contributed by atoms with Gasteiger partial charge in [-0.05, 0) is 31.9 Å². The van der Waals surface area contributed by atoms with Crippen molar-refractivity contribution < 1.29 is 0 Å². The van der Waals surface area contributed by atoms with E-state index in [1.807, 2.05) is 30.6 Å². The second-order valence-electron chi connectivity index (χ2n) is 6.67. The number of piperidine rings is 1. The lowest BCUT2D eigenvalue weighted by molar-refractivity contribution is 0.379. The van der Waals surface area contributed by atoms with Crippen LogP contribution in [0.2, 0.25) is 0 Å². The zero-order valence-electron chi connectivity index (χ0n) is 14.9. The van der Waals surface area contributed by atoms with Gasteiger partial charge in [-0.15, -0.1) is 10.2 Å². The molecule has 1 unspecified atom stereocenters.